The standard InChI is InChI=1S/C19H23N3O4/c23-16(12-21-11-5-8-15(21)17(24)25)22-14-7-2-1-6-13(14)20-18(26)19(22)9-3-4-10-19/h1-2,6-7,15H,3-5,8-12H2,(H,20,26)(H,24,25)/t15-/m0/s1. The molecule has 1 aromatic carbocycles. The topological polar surface area (TPSA) is 89.9 Å². The number of rotatable bonds is 3. The van der Waals surface area contributed by atoms with Gasteiger partial charge in [-0.2, -0.15) is 0 Å². The zero-order valence-electron chi connectivity index (χ0n) is 14.6. The Kier molecular flexibility index (Phi) is 4.19. The van der Waals surface area contributed by atoms with E-state index in [2.05, 4.69) is 5.32 Å². The fraction of sp³-hybridized carbons (Fsp3) is 0.526. The van der Waals surface area contributed by atoms with E-state index in [0.29, 0.717) is 37.2 Å². The van der Waals surface area contributed by atoms with Crippen LogP contribution in [0.1, 0.15) is 38.5 Å². The number of para-hydroxylation sites is 2. The van der Waals surface area contributed by atoms with E-state index in [4.69, 9.17) is 0 Å². The van der Waals surface area contributed by atoms with Crippen LogP contribution in [0.3, 0.4) is 0 Å². The molecule has 1 spiro atoms. The molecule has 138 valence electrons. The van der Waals surface area contributed by atoms with E-state index in [1.807, 2.05) is 18.2 Å². The number of hydrogen-bond acceptors (Lipinski definition) is 4. The van der Waals surface area contributed by atoms with Crippen LogP contribution in [0.4, 0.5) is 11.4 Å². The number of carboxylic acids is 1. The molecule has 7 nitrogen and oxygen atoms in total. The van der Waals surface area contributed by atoms with Crippen LogP contribution in [-0.2, 0) is 14.4 Å². The third kappa shape index (κ3) is 2.58. The lowest BCUT2D eigenvalue weighted by Gasteiger charge is -2.45. The summed E-state index contributed by atoms with van der Waals surface area (Å²) in [4.78, 5) is 41.0. The number of fused-ring (bicyclic) bond motifs is 1. The minimum Gasteiger partial charge on any atom is -0.480 e. The monoisotopic (exact) mass is 357 g/mol. The summed E-state index contributed by atoms with van der Waals surface area (Å²) in [7, 11) is 0. The normalized spacial score (nSPS) is 24.5. The molecule has 0 bridgehead atoms. The van der Waals surface area contributed by atoms with E-state index < -0.39 is 17.6 Å². The Morgan fingerprint density at radius 1 is 1.19 bits per heavy atom. The molecule has 1 saturated carbocycles. The molecular formula is C19H23N3O4. The van der Waals surface area contributed by atoms with Gasteiger partial charge < -0.3 is 10.4 Å². The van der Waals surface area contributed by atoms with Gasteiger partial charge in [0, 0.05) is 0 Å². The average Bonchev–Trinajstić information content (AvgIpc) is 3.26. The van der Waals surface area contributed by atoms with Gasteiger partial charge in [0.15, 0.2) is 0 Å². The number of benzene rings is 1. The average molecular weight is 357 g/mol. The Morgan fingerprint density at radius 2 is 1.92 bits per heavy atom. The number of carbonyl (C=O) groups excluding carboxylic acids is 2. The lowest BCUT2D eigenvalue weighted by atomic mass is 9.89. The number of carbonyl (C=O) groups is 3. The third-order valence-corrected chi connectivity index (χ3v) is 5.91. The summed E-state index contributed by atoms with van der Waals surface area (Å²) in [5, 5.41) is 12.3. The van der Waals surface area contributed by atoms with Crippen LogP contribution in [0.5, 0.6) is 0 Å². The largest absolute Gasteiger partial charge is 0.480 e. The molecule has 1 atom stereocenters. The van der Waals surface area contributed by atoms with Crippen molar-refractivity contribution >= 4 is 29.2 Å². The van der Waals surface area contributed by atoms with Crippen molar-refractivity contribution in [1.29, 1.82) is 0 Å². The lowest BCUT2D eigenvalue weighted by molar-refractivity contribution is -0.142. The van der Waals surface area contributed by atoms with E-state index in [1.54, 1.807) is 15.9 Å². The fourth-order valence-electron chi connectivity index (χ4n) is 4.67. The van der Waals surface area contributed by atoms with Gasteiger partial charge in [-0.25, -0.2) is 0 Å². The molecule has 2 aliphatic heterocycles. The molecule has 0 unspecified atom stereocenters. The molecule has 3 aliphatic rings. The van der Waals surface area contributed by atoms with Gasteiger partial charge in [0.2, 0.25) is 5.91 Å². The highest BCUT2D eigenvalue weighted by Gasteiger charge is 2.52. The summed E-state index contributed by atoms with van der Waals surface area (Å²) in [6.07, 6.45) is 4.42. The zero-order chi connectivity index (χ0) is 18.3. The van der Waals surface area contributed by atoms with Gasteiger partial charge in [-0.15, -0.1) is 0 Å². The second-order valence-corrected chi connectivity index (χ2v) is 7.41. The molecule has 7 heteroatoms. The third-order valence-electron chi connectivity index (χ3n) is 5.91. The van der Waals surface area contributed by atoms with Gasteiger partial charge in [-0.05, 0) is 44.4 Å². The van der Waals surface area contributed by atoms with Crippen molar-refractivity contribution in [2.45, 2.75) is 50.1 Å². The Balaban J connectivity index is 1.68. The quantitative estimate of drug-likeness (QED) is 0.861. The molecule has 2 heterocycles. The van der Waals surface area contributed by atoms with Crippen LogP contribution in [-0.4, -0.2) is 52.5 Å². The molecule has 1 aromatic rings. The molecule has 1 saturated heterocycles. The van der Waals surface area contributed by atoms with Crippen molar-refractivity contribution in [3.63, 3.8) is 0 Å². The Morgan fingerprint density at radius 3 is 2.65 bits per heavy atom. The maximum atomic E-state index is 13.3. The first-order chi connectivity index (χ1) is 12.5. The van der Waals surface area contributed by atoms with Crippen molar-refractivity contribution < 1.29 is 19.5 Å². The first kappa shape index (κ1) is 17.0. The number of hydrogen-bond donors (Lipinski definition) is 2. The van der Waals surface area contributed by atoms with Gasteiger partial charge in [0.25, 0.3) is 5.91 Å². The number of carboxylic acid groups (broad SMARTS) is 1. The predicted octanol–water partition coefficient (Wildman–Crippen LogP) is 1.83. The first-order valence-corrected chi connectivity index (χ1v) is 9.23. The SMILES string of the molecule is O=C(O)[C@@H]1CCCN1CC(=O)N1c2ccccc2NC(=O)C12CCCC2. The van der Waals surface area contributed by atoms with E-state index in [0.717, 1.165) is 19.3 Å². The lowest BCUT2D eigenvalue weighted by Crippen LogP contribution is -2.62. The minimum atomic E-state index is -0.886. The molecule has 2 N–H and O–H groups in total. The number of aliphatic carboxylic acids is 1. The maximum absolute atomic E-state index is 13.3. The van der Waals surface area contributed by atoms with E-state index in [9.17, 15) is 19.5 Å². The highest BCUT2D eigenvalue weighted by Crippen LogP contribution is 2.45. The van der Waals surface area contributed by atoms with Crippen molar-refractivity contribution in [2.75, 3.05) is 23.3 Å². The molecular weight excluding hydrogens is 334 g/mol. The van der Waals surface area contributed by atoms with E-state index in [-0.39, 0.29) is 18.4 Å². The van der Waals surface area contributed by atoms with E-state index in [1.165, 1.54) is 0 Å². The van der Waals surface area contributed by atoms with Crippen LogP contribution in [0.25, 0.3) is 0 Å². The maximum Gasteiger partial charge on any atom is 0.320 e. The van der Waals surface area contributed by atoms with Crippen LogP contribution < -0.4 is 10.2 Å². The van der Waals surface area contributed by atoms with Gasteiger partial charge in [0.1, 0.15) is 11.6 Å². The van der Waals surface area contributed by atoms with Gasteiger partial charge in [-0.1, -0.05) is 25.0 Å². The second-order valence-electron chi connectivity index (χ2n) is 7.41. The van der Waals surface area contributed by atoms with Crippen LogP contribution >= 0.6 is 0 Å². The molecule has 4 rings (SSSR count). The number of nitrogens with one attached hydrogen (secondary N) is 1. The molecule has 2 fully saturated rings. The number of likely N-dealkylation sites (tertiary alicyclic amines) is 1. The first-order valence-electron chi connectivity index (χ1n) is 9.23. The molecule has 2 amide bonds. The Hall–Kier alpha value is -2.41. The Bertz CT molecular complexity index is 757. The summed E-state index contributed by atoms with van der Waals surface area (Å²) < 4.78 is 0. The predicted molar refractivity (Wildman–Crippen MR) is 96.0 cm³/mol. The molecule has 1 aliphatic carbocycles. The van der Waals surface area contributed by atoms with Gasteiger partial charge in [-0.3, -0.25) is 24.2 Å². The highest BCUT2D eigenvalue weighted by atomic mass is 16.4. The van der Waals surface area contributed by atoms with Crippen molar-refractivity contribution in [3.8, 4) is 0 Å². The van der Waals surface area contributed by atoms with Gasteiger partial charge >= 0.3 is 5.97 Å². The smallest absolute Gasteiger partial charge is 0.320 e. The highest BCUT2D eigenvalue weighted by molar-refractivity contribution is 6.15. The van der Waals surface area contributed by atoms with Gasteiger partial charge in [0.05, 0.1) is 17.9 Å². The number of anilines is 2. The van der Waals surface area contributed by atoms with Crippen LogP contribution in [0, 0.1) is 0 Å². The van der Waals surface area contributed by atoms with Crippen molar-refractivity contribution in [1.82, 2.24) is 4.90 Å². The molecule has 26 heavy (non-hydrogen) atoms. The molecule has 0 radical (unpaired) electrons. The Labute approximate surface area is 152 Å². The molecule has 0 aromatic heterocycles. The summed E-state index contributed by atoms with van der Waals surface area (Å²) in [5.74, 6) is -1.21. The van der Waals surface area contributed by atoms with Crippen molar-refractivity contribution in [2.24, 2.45) is 0 Å². The zero-order valence-corrected chi connectivity index (χ0v) is 14.6. The summed E-state index contributed by atoms with van der Waals surface area (Å²) in [6.45, 7) is 0.623. The second kappa shape index (κ2) is 6.39. The van der Waals surface area contributed by atoms with Crippen LogP contribution in [0.15, 0.2) is 24.3 Å². The minimum absolute atomic E-state index is 0.0281. The summed E-state index contributed by atoms with van der Waals surface area (Å²) in [6, 6.07) is 6.72. The number of nitrogens with zero attached hydrogens (tertiary/aromatic N) is 2. The van der Waals surface area contributed by atoms with E-state index >= 15 is 0 Å². The number of amides is 2. The summed E-state index contributed by atoms with van der Waals surface area (Å²) in [5.41, 5.74) is 0.508. The summed E-state index contributed by atoms with van der Waals surface area (Å²) >= 11 is 0. The fourth-order valence-corrected chi connectivity index (χ4v) is 4.67. The van der Waals surface area contributed by atoms with Crippen LogP contribution in [0.2, 0.25) is 0 Å². The van der Waals surface area contributed by atoms with Crippen molar-refractivity contribution in [3.05, 3.63) is 24.3 Å².